The monoisotopic (exact) mass is 543 g/mol. The minimum Gasteiger partial charge on any atom is -0.465 e. The van der Waals surface area contributed by atoms with E-state index < -0.39 is 5.60 Å². The highest BCUT2D eigenvalue weighted by atomic mass is 35.5. The Kier molecular flexibility index (Phi) is 8.14. The van der Waals surface area contributed by atoms with Crippen molar-refractivity contribution in [2.24, 2.45) is 0 Å². The van der Waals surface area contributed by atoms with Gasteiger partial charge in [-0.1, -0.05) is 35.3 Å². The number of amides is 1. The molecule has 1 saturated heterocycles. The highest BCUT2D eigenvalue weighted by molar-refractivity contribution is 6.35. The van der Waals surface area contributed by atoms with E-state index >= 15 is 0 Å². The van der Waals surface area contributed by atoms with Crippen LogP contribution in [0, 0.1) is 0 Å². The molecule has 1 aromatic heterocycles. The van der Waals surface area contributed by atoms with Crippen LogP contribution >= 0.6 is 23.2 Å². The van der Waals surface area contributed by atoms with Crippen LogP contribution in [0.3, 0.4) is 0 Å². The summed E-state index contributed by atoms with van der Waals surface area (Å²) in [5, 5.41) is 6.00. The number of piperidine rings is 1. The molecule has 196 valence electrons. The van der Waals surface area contributed by atoms with Gasteiger partial charge in [0, 0.05) is 40.3 Å². The lowest BCUT2D eigenvalue weighted by molar-refractivity contribution is 0.0203. The van der Waals surface area contributed by atoms with Crippen LogP contribution in [-0.4, -0.2) is 52.5 Å². The van der Waals surface area contributed by atoms with Gasteiger partial charge in [-0.25, -0.2) is 9.59 Å². The zero-order valence-corrected chi connectivity index (χ0v) is 23.0. The van der Waals surface area contributed by atoms with Crippen molar-refractivity contribution in [3.05, 3.63) is 75.4 Å². The smallest absolute Gasteiger partial charge is 0.410 e. The summed E-state index contributed by atoms with van der Waals surface area (Å²) in [5.41, 5.74) is 3.66. The number of aromatic nitrogens is 2. The van der Waals surface area contributed by atoms with Gasteiger partial charge < -0.3 is 14.4 Å². The maximum atomic E-state index is 12.5. The summed E-state index contributed by atoms with van der Waals surface area (Å²) in [4.78, 5) is 26.1. The molecule has 0 N–H and O–H groups in total. The molecule has 2 heterocycles. The molecular formula is C28H31Cl2N3O4. The fourth-order valence-electron chi connectivity index (χ4n) is 4.45. The number of carbonyl (C=O) groups excluding carboxylic acids is 2. The number of likely N-dealkylation sites (tertiary alicyclic amines) is 1. The van der Waals surface area contributed by atoms with Crippen LogP contribution < -0.4 is 0 Å². The number of hydrogen-bond acceptors (Lipinski definition) is 5. The molecule has 1 fully saturated rings. The predicted molar refractivity (Wildman–Crippen MR) is 144 cm³/mol. The number of hydrogen-bond donors (Lipinski definition) is 0. The van der Waals surface area contributed by atoms with Crippen LogP contribution in [0.25, 0.3) is 11.3 Å². The average Bonchev–Trinajstić information content (AvgIpc) is 3.26. The highest BCUT2D eigenvalue weighted by Gasteiger charge is 2.29. The fraction of sp³-hybridized carbons (Fsp3) is 0.393. The molecule has 0 unspecified atom stereocenters. The molecule has 4 rings (SSSR count). The summed E-state index contributed by atoms with van der Waals surface area (Å²) in [6.45, 7) is 7.36. The number of esters is 1. The van der Waals surface area contributed by atoms with Crippen LogP contribution in [0.5, 0.6) is 0 Å². The first-order valence-electron chi connectivity index (χ1n) is 12.2. The van der Waals surface area contributed by atoms with Gasteiger partial charge in [0.2, 0.25) is 0 Å². The van der Waals surface area contributed by atoms with Crippen molar-refractivity contribution in [1.29, 1.82) is 0 Å². The molecule has 1 aliphatic rings. The van der Waals surface area contributed by atoms with Crippen molar-refractivity contribution in [3.63, 3.8) is 0 Å². The summed E-state index contributed by atoms with van der Waals surface area (Å²) < 4.78 is 12.3. The van der Waals surface area contributed by atoms with Crippen LogP contribution in [0.15, 0.2) is 48.5 Å². The molecule has 37 heavy (non-hydrogen) atoms. The van der Waals surface area contributed by atoms with Crippen LogP contribution in [-0.2, 0) is 16.0 Å². The number of carbonyl (C=O) groups is 2. The van der Waals surface area contributed by atoms with Crippen molar-refractivity contribution >= 4 is 35.3 Å². The van der Waals surface area contributed by atoms with Gasteiger partial charge in [-0.2, -0.15) is 5.10 Å². The Morgan fingerprint density at radius 3 is 2.19 bits per heavy atom. The second-order valence-electron chi connectivity index (χ2n) is 10.2. The summed E-state index contributed by atoms with van der Waals surface area (Å²) in [5.74, 6) is -0.160. The van der Waals surface area contributed by atoms with Crippen molar-refractivity contribution in [2.75, 3.05) is 20.2 Å². The Bertz CT molecular complexity index is 1250. The average molecular weight is 544 g/mol. The number of nitrogens with zero attached hydrogens (tertiary/aromatic N) is 3. The van der Waals surface area contributed by atoms with Crippen molar-refractivity contribution in [1.82, 2.24) is 14.7 Å². The van der Waals surface area contributed by atoms with Crippen molar-refractivity contribution in [2.45, 2.75) is 51.7 Å². The molecule has 0 saturated carbocycles. The highest BCUT2D eigenvalue weighted by Crippen LogP contribution is 2.33. The van der Waals surface area contributed by atoms with Gasteiger partial charge in [-0.05, 0) is 75.6 Å². The summed E-state index contributed by atoms with van der Waals surface area (Å²) in [6.07, 6.45) is 1.31. The molecule has 0 atom stereocenters. The van der Waals surface area contributed by atoms with Crippen LogP contribution in [0.2, 0.25) is 10.0 Å². The van der Waals surface area contributed by atoms with Crippen LogP contribution in [0.4, 0.5) is 4.79 Å². The predicted octanol–water partition coefficient (Wildman–Crippen LogP) is 6.81. The van der Waals surface area contributed by atoms with E-state index in [1.54, 1.807) is 23.1 Å². The van der Waals surface area contributed by atoms with E-state index in [0.29, 0.717) is 35.2 Å². The molecule has 7 nitrogen and oxygen atoms in total. The van der Waals surface area contributed by atoms with E-state index in [-0.39, 0.29) is 18.0 Å². The van der Waals surface area contributed by atoms with Gasteiger partial charge in [0.15, 0.2) is 0 Å². The van der Waals surface area contributed by atoms with Gasteiger partial charge in [-0.3, -0.25) is 4.68 Å². The third-order valence-corrected chi connectivity index (χ3v) is 6.68. The lowest BCUT2D eigenvalue weighted by atomic mass is 9.93. The Morgan fingerprint density at radius 2 is 1.62 bits per heavy atom. The standard InChI is InChI=1S/C28H31Cl2N3O4/c1-28(2,3)37-27(35)32-11-9-19(10-12-32)25-16-24(21-13-22(29)15-23(30)14-21)31-33(25)17-18-5-7-20(8-6-18)26(34)36-4/h5-8,13-16,19H,9-12,17H2,1-4H3. The normalized spacial score (nSPS) is 14.5. The van der Waals surface area contributed by atoms with E-state index in [2.05, 4.69) is 6.07 Å². The summed E-state index contributed by atoms with van der Waals surface area (Å²) >= 11 is 12.5. The first-order chi connectivity index (χ1) is 17.5. The Labute approximate surface area is 227 Å². The van der Waals surface area contributed by atoms with Gasteiger partial charge in [0.1, 0.15) is 5.60 Å². The van der Waals surface area contributed by atoms with E-state index in [1.807, 2.05) is 49.7 Å². The van der Waals surface area contributed by atoms with E-state index in [1.165, 1.54) is 7.11 Å². The van der Waals surface area contributed by atoms with Gasteiger partial charge in [0.05, 0.1) is 24.9 Å². The Hall–Kier alpha value is -3.03. The second kappa shape index (κ2) is 11.2. The minimum absolute atomic E-state index is 0.212. The van der Waals surface area contributed by atoms with E-state index in [0.717, 1.165) is 35.4 Å². The Morgan fingerprint density at radius 1 is 1.00 bits per heavy atom. The second-order valence-corrected chi connectivity index (χ2v) is 11.1. The first-order valence-corrected chi connectivity index (χ1v) is 13.0. The number of halogens is 2. The summed E-state index contributed by atoms with van der Waals surface area (Å²) in [6, 6.07) is 14.8. The van der Waals surface area contributed by atoms with Crippen molar-refractivity contribution in [3.8, 4) is 11.3 Å². The number of rotatable bonds is 5. The number of ether oxygens (including phenoxy) is 2. The third-order valence-electron chi connectivity index (χ3n) is 6.24. The largest absolute Gasteiger partial charge is 0.465 e. The summed E-state index contributed by atoms with van der Waals surface area (Å²) in [7, 11) is 1.37. The van der Waals surface area contributed by atoms with E-state index in [4.69, 9.17) is 37.8 Å². The fourth-order valence-corrected chi connectivity index (χ4v) is 4.98. The molecule has 9 heteroatoms. The zero-order chi connectivity index (χ0) is 26.7. The third kappa shape index (κ3) is 6.84. The number of benzene rings is 2. The maximum absolute atomic E-state index is 12.5. The van der Waals surface area contributed by atoms with E-state index in [9.17, 15) is 9.59 Å². The molecule has 0 spiro atoms. The lowest BCUT2D eigenvalue weighted by Crippen LogP contribution is -2.41. The molecule has 0 bridgehead atoms. The number of methoxy groups -OCH3 is 1. The quantitative estimate of drug-likeness (QED) is 0.330. The van der Waals surface area contributed by atoms with Crippen molar-refractivity contribution < 1.29 is 19.1 Å². The van der Waals surface area contributed by atoms with Gasteiger partial charge in [-0.15, -0.1) is 0 Å². The maximum Gasteiger partial charge on any atom is 0.410 e. The molecule has 1 amide bonds. The topological polar surface area (TPSA) is 73.7 Å². The SMILES string of the molecule is COC(=O)c1ccc(Cn2nc(-c3cc(Cl)cc(Cl)c3)cc2C2CCN(C(=O)OC(C)(C)C)CC2)cc1. The first kappa shape index (κ1) is 27.0. The Balaban J connectivity index is 1.59. The lowest BCUT2D eigenvalue weighted by Gasteiger charge is -2.33. The zero-order valence-electron chi connectivity index (χ0n) is 21.5. The molecule has 1 aliphatic heterocycles. The van der Waals surface area contributed by atoms with Gasteiger partial charge in [0.25, 0.3) is 0 Å². The molecule has 2 aromatic carbocycles. The molecule has 0 aliphatic carbocycles. The van der Waals surface area contributed by atoms with Crippen LogP contribution in [0.1, 0.15) is 61.1 Å². The molecule has 0 radical (unpaired) electrons. The minimum atomic E-state index is -0.525. The van der Waals surface area contributed by atoms with Gasteiger partial charge >= 0.3 is 12.1 Å². The molecule has 3 aromatic rings. The molecular weight excluding hydrogens is 513 g/mol.